The molecule has 1 amide bonds. The fourth-order valence-corrected chi connectivity index (χ4v) is 3.02. The summed E-state index contributed by atoms with van der Waals surface area (Å²) in [6, 6.07) is 13.1. The Kier molecular flexibility index (Phi) is 5.81. The third-order valence-electron chi connectivity index (χ3n) is 3.40. The highest BCUT2D eigenvalue weighted by Gasteiger charge is 2.14. The average Bonchev–Trinajstić information content (AvgIpc) is 2.60. The minimum atomic E-state index is -3.67. The molecule has 6 nitrogen and oxygen atoms in total. The maximum atomic E-state index is 12.4. The number of benzene rings is 2. The lowest BCUT2D eigenvalue weighted by Gasteiger charge is -2.10. The number of likely N-dealkylation sites (N-methyl/N-ethyl adjacent to an activating group) is 1. The van der Waals surface area contributed by atoms with Crippen molar-refractivity contribution in [3.63, 3.8) is 0 Å². The van der Waals surface area contributed by atoms with Crippen LogP contribution in [-0.2, 0) is 21.2 Å². The van der Waals surface area contributed by atoms with Gasteiger partial charge in [0.25, 0.3) is 15.9 Å². The van der Waals surface area contributed by atoms with Gasteiger partial charge < -0.3 is 10.1 Å². The maximum absolute atomic E-state index is 12.4. The van der Waals surface area contributed by atoms with E-state index >= 15 is 0 Å². The van der Waals surface area contributed by atoms with Crippen molar-refractivity contribution in [2.45, 2.75) is 18.2 Å². The molecule has 0 saturated carbocycles. The fourth-order valence-electron chi connectivity index (χ4n) is 1.96. The number of carbonyl (C=O) groups excluding carboxylic acids is 1. The highest BCUT2D eigenvalue weighted by molar-refractivity contribution is 7.92. The van der Waals surface area contributed by atoms with E-state index in [4.69, 9.17) is 4.74 Å². The second-order valence-corrected chi connectivity index (χ2v) is 6.77. The molecule has 24 heavy (non-hydrogen) atoms. The normalized spacial score (nSPS) is 10.9. The van der Waals surface area contributed by atoms with E-state index in [1.54, 1.807) is 12.1 Å². The van der Waals surface area contributed by atoms with Gasteiger partial charge in [0.1, 0.15) is 5.75 Å². The zero-order valence-corrected chi connectivity index (χ0v) is 14.4. The zero-order chi connectivity index (χ0) is 17.6. The molecular weight excluding hydrogens is 328 g/mol. The second-order valence-electron chi connectivity index (χ2n) is 5.09. The molecule has 2 aromatic carbocycles. The fraction of sp³-hybridized carbons (Fsp3) is 0.235. The molecule has 0 aliphatic carbocycles. The lowest BCUT2D eigenvalue weighted by Crippen LogP contribution is -2.24. The van der Waals surface area contributed by atoms with E-state index in [0.29, 0.717) is 11.4 Å². The van der Waals surface area contributed by atoms with Crippen molar-refractivity contribution in [3.05, 3.63) is 54.1 Å². The lowest BCUT2D eigenvalue weighted by molar-refractivity contribution is -0.122. The van der Waals surface area contributed by atoms with Crippen LogP contribution in [0.1, 0.15) is 12.5 Å². The number of carbonyl (C=O) groups is 1. The molecule has 0 saturated heterocycles. The van der Waals surface area contributed by atoms with Crippen molar-refractivity contribution in [1.82, 2.24) is 5.32 Å². The quantitative estimate of drug-likeness (QED) is 0.803. The SMILES string of the molecule is CCc1ccc(NS(=O)(=O)c2ccc(OCC(=O)NC)cc2)cc1. The summed E-state index contributed by atoms with van der Waals surface area (Å²) in [7, 11) is -2.16. The van der Waals surface area contributed by atoms with Crippen LogP contribution in [0, 0.1) is 0 Å². The summed E-state index contributed by atoms with van der Waals surface area (Å²) in [6.07, 6.45) is 0.893. The Morgan fingerprint density at radius 2 is 1.67 bits per heavy atom. The third kappa shape index (κ3) is 4.73. The van der Waals surface area contributed by atoms with E-state index in [-0.39, 0.29) is 17.4 Å². The first kappa shape index (κ1) is 17.8. The zero-order valence-electron chi connectivity index (χ0n) is 13.6. The van der Waals surface area contributed by atoms with Gasteiger partial charge in [0.2, 0.25) is 0 Å². The monoisotopic (exact) mass is 348 g/mol. The Morgan fingerprint density at radius 3 is 2.21 bits per heavy atom. The summed E-state index contributed by atoms with van der Waals surface area (Å²) in [6.45, 7) is 1.91. The Bertz CT molecular complexity index is 784. The van der Waals surface area contributed by atoms with Gasteiger partial charge in [-0.3, -0.25) is 9.52 Å². The number of aryl methyl sites for hydroxylation is 1. The average molecular weight is 348 g/mol. The number of amides is 1. The van der Waals surface area contributed by atoms with Crippen LogP contribution in [0.3, 0.4) is 0 Å². The van der Waals surface area contributed by atoms with Crippen molar-refractivity contribution in [1.29, 1.82) is 0 Å². The largest absolute Gasteiger partial charge is 0.484 e. The van der Waals surface area contributed by atoms with E-state index < -0.39 is 10.0 Å². The number of hydrogen-bond donors (Lipinski definition) is 2. The van der Waals surface area contributed by atoms with Crippen LogP contribution in [0.2, 0.25) is 0 Å². The first-order chi connectivity index (χ1) is 11.4. The second kappa shape index (κ2) is 7.83. The standard InChI is InChI=1S/C17H20N2O4S/c1-3-13-4-6-14(7-5-13)19-24(21,22)16-10-8-15(9-11-16)23-12-17(20)18-2/h4-11,19H,3,12H2,1-2H3,(H,18,20). The van der Waals surface area contributed by atoms with Gasteiger partial charge in [-0.25, -0.2) is 8.42 Å². The molecule has 0 unspecified atom stereocenters. The van der Waals surface area contributed by atoms with Gasteiger partial charge in [-0.2, -0.15) is 0 Å². The van der Waals surface area contributed by atoms with E-state index in [9.17, 15) is 13.2 Å². The first-order valence-electron chi connectivity index (χ1n) is 7.50. The van der Waals surface area contributed by atoms with Crippen molar-refractivity contribution < 1.29 is 17.9 Å². The van der Waals surface area contributed by atoms with E-state index in [0.717, 1.165) is 12.0 Å². The van der Waals surface area contributed by atoms with Crippen LogP contribution >= 0.6 is 0 Å². The number of ether oxygens (including phenoxy) is 1. The van der Waals surface area contributed by atoms with Crippen LogP contribution in [0.5, 0.6) is 5.75 Å². The molecule has 0 bridgehead atoms. The molecule has 0 fully saturated rings. The number of anilines is 1. The summed E-state index contributed by atoms with van der Waals surface area (Å²) >= 11 is 0. The van der Waals surface area contributed by atoms with E-state index in [1.165, 1.54) is 31.3 Å². The molecule has 0 aromatic heterocycles. The first-order valence-corrected chi connectivity index (χ1v) is 8.98. The molecule has 2 aromatic rings. The van der Waals surface area contributed by atoms with Crippen LogP contribution in [-0.4, -0.2) is 28.0 Å². The molecule has 0 aliphatic heterocycles. The third-order valence-corrected chi connectivity index (χ3v) is 4.79. The maximum Gasteiger partial charge on any atom is 0.261 e. The summed E-state index contributed by atoms with van der Waals surface area (Å²) in [5.74, 6) is 0.161. The van der Waals surface area contributed by atoms with Crippen molar-refractivity contribution in [2.75, 3.05) is 18.4 Å². The van der Waals surface area contributed by atoms with Crippen molar-refractivity contribution >= 4 is 21.6 Å². The summed E-state index contributed by atoms with van der Waals surface area (Å²) in [5, 5.41) is 2.44. The van der Waals surface area contributed by atoms with Gasteiger partial charge in [0, 0.05) is 12.7 Å². The Labute approximate surface area is 141 Å². The number of hydrogen-bond acceptors (Lipinski definition) is 4. The van der Waals surface area contributed by atoms with Crippen LogP contribution < -0.4 is 14.8 Å². The van der Waals surface area contributed by atoms with E-state index in [2.05, 4.69) is 10.0 Å². The van der Waals surface area contributed by atoms with Gasteiger partial charge in [0.05, 0.1) is 4.90 Å². The van der Waals surface area contributed by atoms with Crippen LogP contribution in [0.4, 0.5) is 5.69 Å². The predicted octanol–water partition coefficient (Wildman–Crippen LogP) is 2.17. The van der Waals surface area contributed by atoms with Crippen LogP contribution in [0.25, 0.3) is 0 Å². The van der Waals surface area contributed by atoms with E-state index in [1.807, 2.05) is 19.1 Å². The Hall–Kier alpha value is -2.54. The topological polar surface area (TPSA) is 84.5 Å². The molecule has 0 spiro atoms. The molecule has 0 radical (unpaired) electrons. The van der Waals surface area contributed by atoms with Crippen LogP contribution in [0.15, 0.2) is 53.4 Å². The minimum absolute atomic E-state index is 0.120. The lowest BCUT2D eigenvalue weighted by atomic mass is 10.2. The van der Waals surface area contributed by atoms with Gasteiger partial charge in [-0.1, -0.05) is 19.1 Å². The molecular formula is C17H20N2O4S. The highest BCUT2D eigenvalue weighted by atomic mass is 32.2. The van der Waals surface area contributed by atoms with Crippen molar-refractivity contribution in [2.24, 2.45) is 0 Å². The Balaban J connectivity index is 2.06. The van der Waals surface area contributed by atoms with Gasteiger partial charge >= 0.3 is 0 Å². The number of rotatable bonds is 7. The predicted molar refractivity (Wildman–Crippen MR) is 92.6 cm³/mol. The molecule has 0 atom stereocenters. The highest BCUT2D eigenvalue weighted by Crippen LogP contribution is 2.19. The smallest absolute Gasteiger partial charge is 0.261 e. The molecule has 0 aliphatic rings. The van der Waals surface area contributed by atoms with Gasteiger partial charge in [0.15, 0.2) is 6.61 Å². The summed E-state index contributed by atoms with van der Waals surface area (Å²) in [4.78, 5) is 11.2. The molecule has 128 valence electrons. The summed E-state index contributed by atoms with van der Waals surface area (Å²) < 4.78 is 32.5. The van der Waals surface area contributed by atoms with Crippen molar-refractivity contribution in [3.8, 4) is 5.75 Å². The molecule has 2 N–H and O–H groups in total. The molecule has 0 heterocycles. The number of nitrogens with one attached hydrogen (secondary N) is 2. The minimum Gasteiger partial charge on any atom is -0.484 e. The van der Waals surface area contributed by atoms with Gasteiger partial charge in [-0.15, -0.1) is 0 Å². The summed E-state index contributed by atoms with van der Waals surface area (Å²) in [5.41, 5.74) is 1.64. The number of sulfonamides is 1. The Morgan fingerprint density at radius 1 is 1.04 bits per heavy atom. The molecule has 2 rings (SSSR count). The molecule has 7 heteroatoms. The van der Waals surface area contributed by atoms with Gasteiger partial charge in [-0.05, 0) is 48.4 Å².